The molecule has 0 amide bonds. The van der Waals surface area contributed by atoms with Crippen LogP contribution in [0.2, 0.25) is 0 Å². The predicted octanol–water partition coefficient (Wildman–Crippen LogP) is 6.10. The molecular weight excluding hydrogens is 288 g/mol. The van der Waals surface area contributed by atoms with Crippen molar-refractivity contribution >= 4 is 0 Å². The summed E-state index contributed by atoms with van der Waals surface area (Å²) in [6.07, 6.45) is 1.03. The van der Waals surface area contributed by atoms with Crippen molar-refractivity contribution in [2.24, 2.45) is 0 Å². The molecule has 0 aliphatic heterocycles. The fourth-order valence-corrected chi connectivity index (χ4v) is 3.33. The first-order valence-corrected chi connectivity index (χ1v) is 8.64. The average molecular weight is 313 g/mol. The van der Waals surface area contributed by atoms with Gasteiger partial charge < -0.3 is 0 Å². The van der Waals surface area contributed by atoms with E-state index in [9.17, 15) is 0 Å². The van der Waals surface area contributed by atoms with Crippen LogP contribution in [-0.4, -0.2) is 0 Å². The monoisotopic (exact) mass is 313 g/mol. The van der Waals surface area contributed by atoms with E-state index in [0.29, 0.717) is 5.92 Å². The third-order valence-electron chi connectivity index (χ3n) is 4.92. The van der Waals surface area contributed by atoms with Gasteiger partial charge in [-0.25, -0.2) is 0 Å². The van der Waals surface area contributed by atoms with Crippen LogP contribution < -0.4 is 0 Å². The Labute approximate surface area is 146 Å². The zero-order chi connectivity index (χ0) is 17.1. The van der Waals surface area contributed by atoms with Crippen molar-refractivity contribution in [3.05, 3.63) is 106 Å². The molecule has 3 aromatic rings. The molecular formula is C24H25. The second-order valence-corrected chi connectivity index (χ2v) is 6.88. The van der Waals surface area contributed by atoms with E-state index < -0.39 is 0 Å². The Balaban J connectivity index is 2.04. The van der Waals surface area contributed by atoms with Gasteiger partial charge in [-0.05, 0) is 68.0 Å². The summed E-state index contributed by atoms with van der Waals surface area (Å²) in [5.74, 6) is 0.381. The van der Waals surface area contributed by atoms with Gasteiger partial charge in [-0.2, -0.15) is 0 Å². The van der Waals surface area contributed by atoms with Crippen LogP contribution in [-0.2, 0) is 6.42 Å². The van der Waals surface area contributed by atoms with Crippen LogP contribution >= 0.6 is 0 Å². The van der Waals surface area contributed by atoms with Crippen LogP contribution in [0.1, 0.15) is 44.9 Å². The Morgan fingerprint density at radius 2 is 1.08 bits per heavy atom. The summed E-state index contributed by atoms with van der Waals surface area (Å²) in [5, 5.41) is 0. The van der Waals surface area contributed by atoms with Gasteiger partial charge in [-0.15, -0.1) is 0 Å². The molecule has 0 aliphatic carbocycles. The lowest BCUT2D eigenvalue weighted by Crippen LogP contribution is -2.08. The molecule has 0 unspecified atom stereocenters. The van der Waals surface area contributed by atoms with E-state index in [1.54, 1.807) is 0 Å². The Bertz CT molecular complexity index is 742. The van der Waals surface area contributed by atoms with Crippen LogP contribution in [0.4, 0.5) is 0 Å². The summed E-state index contributed by atoms with van der Waals surface area (Å²) in [7, 11) is 0. The zero-order valence-corrected chi connectivity index (χ0v) is 15.1. The van der Waals surface area contributed by atoms with E-state index in [0.717, 1.165) is 6.42 Å². The first-order chi connectivity index (χ1) is 11.5. The van der Waals surface area contributed by atoms with Crippen molar-refractivity contribution in [3.63, 3.8) is 0 Å². The lowest BCUT2D eigenvalue weighted by atomic mass is 9.83. The third-order valence-corrected chi connectivity index (χ3v) is 4.92. The highest BCUT2D eigenvalue weighted by molar-refractivity contribution is 5.41. The van der Waals surface area contributed by atoms with E-state index in [1.807, 2.05) is 0 Å². The molecule has 0 spiro atoms. The van der Waals surface area contributed by atoms with Gasteiger partial charge in [0, 0.05) is 5.92 Å². The molecule has 0 heteroatoms. The van der Waals surface area contributed by atoms with E-state index in [1.165, 1.54) is 38.9 Å². The number of benzene rings is 3. The van der Waals surface area contributed by atoms with Crippen molar-refractivity contribution in [1.82, 2.24) is 0 Å². The Kier molecular flexibility index (Phi) is 4.85. The molecule has 0 nitrogen and oxygen atoms in total. The highest BCUT2D eigenvalue weighted by atomic mass is 14.2. The van der Waals surface area contributed by atoms with Gasteiger partial charge in [0.25, 0.3) is 0 Å². The van der Waals surface area contributed by atoms with Crippen molar-refractivity contribution in [3.8, 4) is 0 Å². The van der Waals surface area contributed by atoms with E-state index in [4.69, 9.17) is 0 Å². The standard InChI is InChI=1S/C24H25/c1-17-8-12-21(13-9-17)24(22-14-10-18(2)11-15-22)16-23-19(3)6-5-7-20(23)4/h6-15,24H,16H2,1-4H3. The maximum absolute atomic E-state index is 3.24. The SMILES string of the molecule is Cc1ccc(C(Cc2c(C)c[c]cc2C)c2ccc(C)cc2)cc1. The normalized spacial score (nSPS) is 11.0. The number of hydrogen-bond acceptors (Lipinski definition) is 0. The summed E-state index contributed by atoms with van der Waals surface area (Å²) in [5.41, 5.74) is 9.50. The number of rotatable bonds is 4. The number of aryl methyl sites for hydroxylation is 4. The van der Waals surface area contributed by atoms with E-state index in [-0.39, 0.29) is 0 Å². The maximum Gasteiger partial charge on any atom is 0.0130 e. The molecule has 24 heavy (non-hydrogen) atoms. The molecule has 0 aliphatic rings. The zero-order valence-electron chi connectivity index (χ0n) is 15.1. The fourth-order valence-electron chi connectivity index (χ4n) is 3.33. The molecule has 1 radical (unpaired) electrons. The highest BCUT2D eigenvalue weighted by Gasteiger charge is 2.17. The molecule has 0 bridgehead atoms. The second kappa shape index (κ2) is 7.05. The van der Waals surface area contributed by atoms with Gasteiger partial charge in [-0.1, -0.05) is 71.8 Å². The lowest BCUT2D eigenvalue weighted by molar-refractivity contribution is 0.794. The van der Waals surface area contributed by atoms with Crippen molar-refractivity contribution in [1.29, 1.82) is 0 Å². The Morgan fingerprint density at radius 3 is 1.50 bits per heavy atom. The second-order valence-electron chi connectivity index (χ2n) is 6.88. The van der Waals surface area contributed by atoms with Gasteiger partial charge >= 0.3 is 0 Å². The van der Waals surface area contributed by atoms with Crippen LogP contribution in [0.25, 0.3) is 0 Å². The number of hydrogen-bond donors (Lipinski definition) is 0. The molecule has 0 N–H and O–H groups in total. The van der Waals surface area contributed by atoms with Crippen molar-refractivity contribution in [2.75, 3.05) is 0 Å². The minimum Gasteiger partial charge on any atom is -0.0590 e. The third kappa shape index (κ3) is 3.59. The Morgan fingerprint density at radius 1 is 0.667 bits per heavy atom. The van der Waals surface area contributed by atoms with Gasteiger partial charge in [0.15, 0.2) is 0 Å². The van der Waals surface area contributed by atoms with E-state index in [2.05, 4.69) is 94.4 Å². The van der Waals surface area contributed by atoms with Crippen LogP contribution in [0.3, 0.4) is 0 Å². The predicted molar refractivity (Wildman–Crippen MR) is 103 cm³/mol. The molecule has 0 saturated carbocycles. The minimum absolute atomic E-state index is 0.381. The summed E-state index contributed by atoms with van der Waals surface area (Å²) in [4.78, 5) is 0. The molecule has 121 valence electrons. The van der Waals surface area contributed by atoms with Crippen molar-refractivity contribution < 1.29 is 0 Å². The van der Waals surface area contributed by atoms with Crippen molar-refractivity contribution in [2.45, 2.75) is 40.0 Å². The molecule has 3 rings (SSSR count). The Hall–Kier alpha value is -2.34. The minimum atomic E-state index is 0.381. The van der Waals surface area contributed by atoms with Crippen LogP contribution in [0.5, 0.6) is 0 Å². The van der Waals surface area contributed by atoms with Gasteiger partial charge in [0.2, 0.25) is 0 Å². The van der Waals surface area contributed by atoms with Crippen LogP contribution in [0, 0.1) is 33.8 Å². The van der Waals surface area contributed by atoms with Crippen LogP contribution in [0.15, 0.2) is 60.7 Å². The average Bonchev–Trinajstić information content (AvgIpc) is 2.57. The largest absolute Gasteiger partial charge is 0.0590 e. The topological polar surface area (TPSA) is 0 Å². The summed E-state index contributed by atoms with van der Waals surface area (Å²) in [6.45, 7) is 8.68. The molecule has 3 aromatic carbocycles. The molecule has 0 heterocycles. The molecule has 0 aromatic heterocycles. The molecule has 0 atom stereocenters. The van der Waals surface area contributed by atoms with Gasteiger partial charge in [0.1, 0.15) is 0 Å². The first-order valence-electron chi connectivity index (χ1n) is 8.64. The fraction of sp³-hybridized carbons (Fsp3) is 0.250. The van der Waals surface area contributed by atoms with Gasteiger partial charge in [0.05, 0.1) is 0 Å². The maximum atomic E-state index is 3.24. The van der Waals surface area contributed by atoms with Gasteiger partial charge in [-0.3, -0.25) is 0 Å². The quantitative estimate of drug-likeness (QED) is 0.546. The summed E-state index contributed by atoms with van der Waals surface area (Å²) >= 11 is 0. The summed E-state index contributed by atoms with van der Waals surface area (Å²) < 4.78 is 0. The highest BCUT2D eigenvalue weighted by Crippen LogP contribution is 2.31. The van der Waals surface area contributed by atoms with E-state index >= 15 is 0 Å². The molecule has 0 fully saturated rings. The summed E-state index contributed by atoms with van der Waals surface area (Å²) in [6, 6.07) is 25.4. The lowest BCUT2D eigenvalue weighted by Gasteiger charge is -2.21. The molecule has 0 saturated heterocycles. The smallest absolute Gasteiger partial charge is 0.0130 e. The first kappa shape index (κ1) is 16.5.